The van der Waals surface area contributed by atoms with Gasteiger partial charge < -0.3 is 10.8 Å². The lowest BCUT2D eigenvalue weighted by Crippen LogP contribution is -2.18. The number of aliphatic hydroxyl groups is 1. The van der Waals surface area contributed by atoms with E-state index < -0.39 is 6.10 Å². The molecule has 13 heavy (non-hydrogen) atoms. The second-order valence-corrected chi connectivity index (χ2v) is 3.92. The van der Waals surface area contributed by atoms with Crippen LogP contribution in [0.3, 0.4) is 0 Å². The molecule has 0 fully saturated rings. The lowest BCUT2D eigenvalue weighted by molar-refractivity contribution is 0.121. The summed E-state index contributed by atoms with van der Waals surface area (Å²) in [7, 11) is 1.81. The Bertz CT molecular complexity index is 287. The van der Waals surface area contributed by atoms with Crippen molar-refractivity contribution in [2.75, 3.05) is 6.54 Å². The van der Waals surface area contributed by atoms with Crippen molar-refractivity contribution < 1.29 is 5.11 Å². The molecular weight excluding hydrogens is 234 g/mol. The van der Waals surface area contributed by atoms with E-state index in [9.17, 15) is 5.11 Å². The summed E-state index contributed by atoms with van der Waals surface area (Å²) in [6, 6.07) is 0. The second-order valence-electron chi connectivity index (χ2n) is 3.17. The summed E-state index contributed by atoms with van der Waals surface area (Å²) in [4.78, 5) is 0. The monoisotopic (exact) mass is 247 g/mol. The number of aromatic nitrogens is 2. The molecule has 0 aliphatic carbocycles. The van der Waals surface area contributed by atoms with Crippen LogP contribution >= 0.6 is 15.9 Å². The van der Waals surface area contributed by atoms with Gasteiger partial charge in [-0.3, -0.25) is 4.68 Å². The van der Waals surface area contributed by atoms with E-state index in [1.165, 1.54) is 0 Å². The highest BCUT2D eigenvalue weighted by Gasteiger charge is 2.19. The van der Waals surface area contributed by atoms with Crippen LogP contribution in [-0.2, 0) is 7.05 Å². The van der Waals surface area contributed by atoms with Crippen LogP contribution in [0.1, 0.15) is 18.6 Å². The first-order chi connectivity index (χ1) is 6.07. The zero-order chi connectivity index (χ0) is 10.0. The van der Waals surface area contributed by atoms with Crippen LogP contribution in [0.2, 0.25) is 0 Å². The van der Waals surface area contributed by atoms with Crippen molar-refractivity contribution in [1.29, 1.82) is 0 Å². The van der Waals surface area contributed by atoms with Gasteiger partial charge >= 0.3 is 0 Å². The van der Waals surface area contributed by atoms with Crippen LogP contribution in [0.25, 0.3) is 0 Å². The van der Waals surface area contributed by atoms with E-state index in [1.807, 2.05) is 14.0 Å². The van der Waals surface area contributed by atoms with Gasteiger partial charge in [0.1, 0.15) is 4.60 Å². The van der Waals surface area contributed by atoms with E-state index in [-0.39, 0.29) is 5.92 Å². The fourth-order valence-corrected chi connectivity index (χ4v) is 1.50. The minimum absolute atomic E-state index is 0.0421. The number of hydrogen-bond acceptors (Lipinski definition) is 3. The molecule has 74 valence electrons. The third-order valence-corrected chi connectivity index (χ3v) is 3.09. The van der Waals surface area contributed by atoms with E-state index in [0.717, 1.165) is 10.2 Å². The number of aliphatic hydroxyl groups excluding tert-OH is 1. The van der Waals surface area contributed by atoms with Gasteiger partial charge in [-0.15, -0.1) is 0 Å². The zero-order valence-electron chi connectivity index (χ0n) is 7.74. The van der Waals surface area contributed by atoms with Crippen molar-refractivity contribution in [2.45, 2.75) is 13.0 Å². The fraction of sp³-hybridized carbons (Fsp3) is 0.625. The van der Waals surface area contributed by atoms with Gasteiger partial charge in [-0.25, -0.2) is 0 Å². The van der Waals surface area contributed by atoms with Crippen LogP contribution in [0, 0.1) is 5.92 Å². The number of rotatable bonds is 3. The molecule has 1 rings (SSSR count). The van der Waals surface area contributed by atoms with Crippen LogP contribution in [0.15, 0.2) is 10.8 Å². The van der Waals surface area contributed by atoms with E-state index in [2.05, 4.69) is 21.0 Å². The third kappa shape index (κ3) is 2.10. The maximum Gasteiger partial charge on any atom is 0.109 e. The predicted octanol–water partition coefficient (Wildman–Crippen LogP) is 0.811. The van der Waals surface area contributed by atoms with Gasteiger partial charge in [-0.1, -0.05) is 6.92 Å². The number of hydrogen-bond donors (Lipinski definition) is 2. The van der Waals surface area contributed by atoms with Crippen molar-refractivity contribution in [1.82, 2.24) is 9.78 Å². The fourth-order valence-electron chi connectivity index (χ4n) is 1.07. The molecule has 0 saturated heterocycles. The molecule has 5 heteroatoms. The van der Waals surface area contributed by atoms with Gasteiger partial charge in [0.25, 0.3) is 0 Å². The maximum atomic E-state index is 9.82. The summed E-state index contributed by atoms with van der Waals surface area (Å²) in [5.41, 5.74) is 6.26. The summed E-state index contributed by atoms with van der Waals surface area (Å²) in [6.45, 7) is 2.37. The topological polar surface area (TPSA) is 64.1 Å². The van der Waals surface area contributed by atoms with Crippen LogP contribution in [0.5, 0.6) is 0 Å². The van der Waals surface area contributed by atoms with Crippen molar-refractivity contribution in [3.63, 3.8) is 0 Å². The quantitative estimate of drug-likeness (QED) is 0.832. The highest BCUT2D eigenvalue weighted by Crippen LogP contribution is 2.27. The third-order valence-electron chi connectivity index (χ3n) is 2.12. The summed E-state index contributed by atoms with van der Waals surface area (Å²) < 4.78 is 2.47. The molecule has 2 unspecified atom stereocenters. The Morgan fingerprint density at radius 2 is 2.38 bits per heavy atom. The molecule has 0 aliphatic rings. The van der Waals surface area contributed by atoms with Crippen molar-refractivity contribution in [2.24, 2.45) is 18.7 Å². The minimum Gasteiger partial charge on any atom is -0.388 e. The van der Waals surface area contributed by atoms with Crippen molar-refractivity contribution >= 4 is 15.9 Å². The Morgan fingerprint density at radius 1 is 1.77 bits per heavy atom. The molecule has 0 amide bonds. The Labute approximate surface area is 85.9 Å². The standard InChI is InChI=1S/C8H14BrN3O/c1-5(3-10)7(13)6-4-11-12(2)8(6)9/h4-5,7,13H,3,10H2,1-2H3. The van der Waals surface area contributed by atoms with E-state index in [0.29, 0.717) is 6.54 Å². The second kappa shape index (κ2) is 4.21. The molecule has 1 aromatic rings. The lowest BCUT2D eigenvalue weighted by Gasteiger charge is -2.15. The Balaban J connectivity index is 2.88. The SMILES string of the molecule is CC(CN)C(O)c1cnn(C)c1Br. The van der Waals surface area contributed by atoms with Gasteiger partial charge in [0.05, 0.1) is 12.3 Å². The highest BCUT2D eigenvalue weighted by atomic mass is 79.9. The molecule has 0 bridgehead atoms. The first-order valence-electron chi connectivity index (χ1n) is 4.13. The average molecular weight is 248 g/mol. The normalized spacial score (nSPS) is 15.8. The Hall–Kier alpha value is -0.390. The minimum atomic E-state index is -0.548. The van der Waals surface area contributed by atoms with Crippen molar-refractivity contribution in [3.8, 4) is 0 Å². The van der Waals surface area contributed by atoms with E-state index >= 15 is 0 Å². The molecule has 1 aromatic heterocycles. The molecule has 1 heterocycles. The van der Waals surface area contributed by atoms with Crippen LogP contribution in [0.4, 0.5) is 0 Å². The zero-order valence-corrected chi connectivity index (χ0v) is 9.32. The van der Waals surface area contributed by atoms with Gasteiger partial charge in [-0.2, -0.15) is 5.10 Å². The molecule has 4 nitrogen and oxygen atoms in total. The summed E-state index contributed by atoms with van der Waals surface area (Å²) in [5.74, 6) is 0.0421. The molecule has 0 spiro atoms. The molecule has 0 radical (unpaired) electrons. The first kappa shape index (κ1) is 10.7. The number of aryl methyl sites for hydroxylation is 1. The van der Waals surface area contributed by atoms with E-state index in [4.69, 9.17) is 5.73 Å². The smallest absolute Gasteiger partial charge is 0.109 e. The largest absolute Gasteiger partial charge is 0.388 e. The molecule has 2 atom stereocenters. The van der Waals surface area contributed by atoms with Crippen LogP contribution < -0.4 is 5.73 Å². The predicted molar refractivity (Wildman–Crippen MR) is 54.1 cm³/mol. The number of nitrogens with two attached hydrogens (primary N) is 1. The van der Waals surface area contributed by atoms with E-state index in [1.54, 1.807) is 10.9 Å². The highest BCUT2D eigenvalue weighted by molar-refractivity contribution is 9.10. The summed E-state index contributed by atoms with van der Waals surface area (Å²) in [5, 5.41) is 13.8. The molecule has 0 aliphatic heterocycles. The lowest BCUT2D eigenvalue weighted by atomic mass is 10.0. The van der Waals surface area contributed by atoms with Crippen LogP contribution in [-0.4, -0.2) is 21.4 Å². The van der Waals surface area contributed by atoms with Gasteiger partial charge in [-0.05, 0) is 28.4 Å². The van der Waals surface area contributed by atoms with Crippen molar-refractivity contribution in [3.05, 3.63) is 16.4 Å². The summed E-state index contributed by atoms with van der Waals surface area (Å²) >= 11 is 3.35. The Kier molecular flexibility index (Phi) is 3.47. The average Bonchev–Trinajstić information content (AvgIpc) is 2.45. The number of halogens is 1. The molecule has 0 saturated carbocycles. The van der Waals surface area contributed by atoms with Gasteiger partial charge in [0.15, 0.2) is 0 Å². The Morgan fingerprint density at radius 3 is 2.77 bits per heavy atom. The number of nitrogens with zero attached hydrogens (tertiary/aromatic N) is 2. The van der Waals surface area contributed by atoms with Gasteiger partial charge in [0.2, 0.25) is 0 Å². The molecule has 3 N–H and O–H groups in total. The first-order valence-corrected chi connectivity index (χ1v) is 4.92. The van der Waals surface area contributed by atoms with Gasteiger partial charge in [0, 0.05) is 12.6 Å². The molecular formula is C8H14BrN3O. The molecule has 0 aromatic carbocycles. The summed E-state index contributed by atoms with van der Waals surface area (Å²) in [6.07, 6.45) is 1.11. The maximum absolute atomic E-state index is 9.82.